The van der Waals surface area contributed by atoms with Crippen molar-refractivity contribution in [2.45, 2.75) is 66.2 Å². The molecule has 0 aliphatic carbocycles. The van der Waals surface area contributed by atoms with Crippen LogP contribution in [0.2, 0.25) is 0 Å². The Kier molecular flexibility index (Phi) is 6.62. The van der Waals surface area contributed by atoms with E-state index in [0.717, 1.165) is 12.3 Å². The summed E-state index contributed by atoms with van der Waals surface area (Å²) in [6.45, 7) is 9.00. The molecule has 1 heteroatoms. The standard InChI is InChI=1S/C13H25N/c1-5-12(3)8-7-9-13(4,6-2)10-11-14/h12H,5-10H2,1-4H3. The first kappa shape index (κ1) is 13.5. The summed E-state index contributed by atoms with van der Waals surface area (Å²) in [5.74, 6) is 0.846. The van der Waals surface area contributed by atoms with Crippen LogP contribution in [0.4, 0.5) is 0 Å². The number of nitriles is 1. The molecular weight excluding hydrogens is 170 g/mol. The molecule has 0 bridgehead atoms. The molecule has 2 atom stereocenters. The third-order valence-electron chi connectivity index (χ3n) is 3.53. The van der Waals surface area contributed by atoms with Crippen LogP contribution >= 0.6 is 0 Å². The highest BCUT2D eigenvalue weighted by molar-refractivity contribution is 4.84. The fourth-order valence-corrected chi connectivity index (χ4v) is 1.66. The number of nitrogens with zero attached hydrogens (tertiary/aromatic N) is 1. The monoisotopic (exact) mass is 195 g/mol. The van der Waals surface area contributed by atoms with Gasteiger partial charge in [-0.05, 0) is 24.2 Å². The van der Waals surface area contributed by atoms with Crippen molar-refractivity contribution in [2.24, 2.45) is 11.3 Å². The molecule has 0 spiro atoms. The molecule has 0 aromatic carbocycles. The lowest BCUT2D eigenvalue weighted by Crippen LogP contribution is -2.14. The van der Waals surface area contributed by atoms with Gasteiger partial charge in [0.25, 0.3) is 0 Å². The molecule has 82 valence electrons. The molecule has 0 rings (SSSR count). The van der Waals surface area contributed by atoms with E-state index in [9.17, 15) is 0 Å². The zero-order valence-corrected chi connectivity index (χ0v) is 10.3. The van der Waals surface area contributed by atoms with E-state index in [1.54, 1.807) is 0 Å². The topological polar surface area (TPSA) is 23.8 Å². The number of rotatable bonds is 7. The molecule has 0 aliphatic heterocycles. The molecular formula is C13H25N. The maximum absolute atomic E-state index is 8.74. The van der Waals surface area contributed by atoms with Gasteiger partial charge in [0.15, 0.2) is 0 Å². The van der Waals surface area contributed by atoms with Gasteiger partial charge in [0.1, 0.15) is 0 Å². The van der Waals surface area contributed by atoms with Gasteiger partial charge in [0.05, 0.1) is 6.07 Å². The minimum absolute atomic E-state index is 0.266. The van der Waals surface area contributed by atoms with E-state index in [0.29, 0.717) is 6.42 Å². The summed E-state index contributed by atoms with van der Waals surface area (Å²) in [5.41, 5.74) is 0.266. The average molecular weight is 195 g/mol. The highest BCUT2D eigenvalue weighted by Gasteiger charge is 2.21. The maximum Gasteiger partial charge on any atom is 0.0627 e. The largest absolute Gasteiger partial charge is 0.198 e. The molecule has 0 N–H and O–H groups in total. The lowest BCUT2D eigenvalue weighted by Gasteiger charge is -2.25. The van der Waals surface area contributed by atoms with E-state index in [2.05, 4.69) is 33.8 Å². The lowest BCUT2D eigenvalue weighted by molar-refractivity contribution is 0.272. The molecule has 0 saturated heterocycles. The second kappa shape index (κ2) is 6.87. The zero-order valence-electron chi connectivity index (χ0n) is 10.3. The van der Waals surface area contributed by atoms with Gasteiger partial charge in [-0.1, -0.05) is 47.0 Å². The van der Waals surface area contributed by atoms with E-state index in [4.69, 9.17) is 5.26 Å². The van der Waals surface area contributed by atoms with Crippen molar-refractivity contribution in [3.05, 3.63) is 0 Å². The lowest BCUT2D eigenvalue weighted by atomic mass is 9.79. The summed E-state index contributed by atoms with van der Waals surface area (Å²) in [7, 11) is 0. The summed E-state index contributed by atoms with van der Waals surface area (Å²) in [6, 6.07) is 2.31. The van der Waals surface area contributed by atoms with Gasteiger partial charge in [-0.25, -0.2) is 0 Å². The fourth-order valence-electron chi connectivity index (χ4n) is 1.66. The van der Waals surface area contributed by atoms with Crippen molar-refractivity contribution >= 4 is 0 Å². The molecule has 0 aromatic heterocycles. The van der Waals surface area contributed by atoms with Gasteiger partial charge in [0, 0.05) is 6.42 Å². The Bertz CT molecular complexity index is 180. The highest BCUT2D eigenvalue weighted by Crippen LogP contribution is 2.32. The van der Waals surface area contributed by atoms with Crippen LogP contribution in [0.25, 0.3) is 0 Å². The molecule has 0 radical (unpaired) electrons. The van der Waals surface area contributed by atoms with Gasteiger partial charge < -0.3 is 0 Å². The smallest absolute Gasteiger partial charge is 0.0627 e. The van der Waals surface area contributed by atoms with Gasteiger partial charge in [0.2, 0.25) is 0 Å². The van der Waals surface area contributed by atoms with Gasteiger partial charge in [-0.3, -0.25) is 0 Å². The van der Waals surface area contributed by atoms with E-state index >= 15 is 0 Å². The Labute approximate surface area is 89.5 Å². The quantitative estimate of drug-likeness (QED) is 0.585. The van der Waals surface area contributed by atoms with Gasteiger partial charge >= 0.3 is 0 Å². The molecule has 0 saturated carbocycles. The zero-order chi connectivity index (χ0) is 11.0. The first-order chi connectivity index (χ1) is 6.58. The molecule has 1 nitrogen and oxygen atoms in total. The van der Waals surface area contributed by atoms with E-state index in [1.807, 2.05) is 0 Å². The Hall–Kier alpha value is -0.510. The highest BCUT2D eigenvalue weighted by atomic mass is 14.3. The van der Waals surface area contributed by atoms with Crippen molar-refractivity contribution in [3.8, 4) is 6.07 Å². The van der Waals surface area contributed by atoms with Crippen LogP contribution in [-0.4, -0.2) is 0 Å². The minimum atomic E-state index is 0.266. The van der Waals surface area contributed by atoms with Crippen molar-refractivity contribution in [1.82, 2.24) is 0 Å². The van der Waals surface area contributed by atoms with E-state index in [1.165, 1.54) is 25.7 Å². The summed E-state index contributed by atoms with van der Waals surface area (Å²) >= 11 is 0. The van der Waals surface area contributed by atoms with Crippen molar-refractivity contribution < 1.29 is 0 Å². The Morgan fingerprint density at radius 2 is 2.00 bits per heavy atom. The average Bonchev–Trinajstić information content (AvgIpc) is 2.18. The Balaban J connectivity index is 3.79. The normalized spacial score (nSPS) is 17.1. The predicted molar refractivity (Wildman–Crippen MR) is 61.9 cm³/mol. The fraction of sp³-hybridized carbons (Fsp3) is 0.923. The molecule has 14 heavy (non-hydrogen) atoms. The molecule has 2 unspecified atom stereocenters. The molecule has 0 aromatic rings. The SMILES string of the molecule is CCC(C)CCCC(C)(CC)CC#N. The Morgan fingerprint density at radius 3 is 2.43 bits per heavy atom. The van der Waals surface area contributed by atoms with E-state index < -0.39 is 0 Å². The molecule has 0 heterocycles. The van der Waals surface area contributed by atoms with E-state index in [-0.39, 0.29) is 5.41 Å². The number of hydrogen-bond donors (Lipinski definition) is 0. The molecule has 0 amide bonds. The Morgan fingerprint density at radius 1 is 1.36 bits per heavy atom. The van der Waals surface area contributed by atoms with Crippen molar-refractivity contribution in [2.75, 3.05) is 0 Å². The minimum Gasteiger partial charge on any atom is -0.198 e. The third kappa shape index (κ3) is 5.27. The first-order valence-electron chi connectivity index (χ1n) is 5.95. The second-order valence-corrected chi connectivity index (χ2v) is 4.90. The van der Waals surface area contributed by atoms with Gasteiger partial charge in [-0.15, -0.1) is 0 Å². The van der Waals surface area contributed by atoms with Gasteiger partial charge in [-0.2, -0.15) is 5.26 Å². The molecule has 0 fully saturated rings. The summed E-state index contributed by atoms with van der Waals surface area (Å²) < 4.78 is 0. The predicted octanol–water partition coefficient (Wildman–Crippen LogP) is 4.53. The van der Waals surface area contributed by atoms with Crippen LogP contribution in [0.3, 0.4) is 0 Å². The van der Waals surface area contributed by atoms with Crippen LogP contribution in [0.15, 0.2) is 0 Å². The van der Waals surface area contributed by atoms with Crippen LogP contribution in [0.5, 0.6) is 0 Å². The number of hydrogen-bond acceptors (Lipinski definition) is 1. The first-order valence-corrected chi connectivity index (χ1v) is 5.95. The third-order valence-corrected chi connectivity index (χ3v) is 3.53. The van der Waals surface area contributed by atoms with Crippen LogP contribution in [0, 0.1) is 22.7 Å². The van der Waals surface area contributed by atoms with Crippen molar-refractivity contribution in [1.29, 1.82) is 5.26 Å². The van der Waals surface area contributed by atoms with Crippen LogP contribution in [0.1, 0.15) is 66.2 Å². The maximum atomic E-state index is 8.74. The second-order valence-electron chi connectivity index (χ2n) is 4.90. The molecule has 0 aliphatic rings. The summed E-state index contributed by atoms with van der Waals surface area (Å²) in [5, 5.41) is 8.74. The summed E-state index contributed by atoms with van der Waals surface area (Å²) in [6.07, 6.45) is 6.92. The van der Waals surface area contributed by atoms with Crippen LogP contribution < -0.4 is 0 Å². The summed E-state index contributed by atoms with van der Waals surface area (Å²) in [4.78, 5) is 0. The van der Waals surface area contributed by atoms with Crippen molar-refractivity contribution in [3.63, 3.8) is 0 Å². The van der Waals surface area contributed by atoms with Crippen LogP contribution in [-0.2, 0) is 0 Å².